The average Bonchev–Trinajstić information content (AvgIpc) is 2.68. The number of carbonyl (C=O) groups is 2. The van der Waals surface area contributed by atoms with Gasteiger partial charge in [-0.3, -0.25) is 4.79 Å². The molecule has 0 heterocycles. The monoisotopic (exact) mass is 323 g/mol. The maximum atomic E-state index is 11.8. The smallest absolute Gasteiger partial charge is 0.330 e. The molecule has 2 atom stereocenters. The molecule has 126 valence electrons. The molecule has 0 saturated carbocycles. The number of hydrogen-bond donors (Lipinski definition) is 4. The summed E-state index contributed by atoms with van der Waals surface area (Å²) in [6, 6.07) is 3.24. The molecule has 23 heavy (non-hydrogen) atoms. The molecular formula is C15H21N3O5. The minimum Gasteiger partial charge on any atom is -0.504 e. The third-order valence-electron chi connectivity index (χ3n) is 3.14. The maximum Gasteiger partial charge on any atom is 0.330 e. The summed E-state index contributed by atoms with van der Waals surface area (Å²) in [7, 11) is 0. The summed E-state index contributed by atoms with van der Waals surface area (Å²) in [6.07, 6.45) is 0.897. The number of rotatable bonds is 7. The first-order valence-electron chi connectivity index (χ1n) is 7.14. The predicted octanol–water partition coefficient (Wildman–Crippen LogP) is -1.24. The van der Waals surface area contributed by atoms with Crippen LogP contribution in [0.3, 0.4) is 0 Å². The van der Waals surface area contributed by atoms with Gasteiger partial charge in [-0.25, -0.2) is 9.59 Å². The zero-order valence-electron chi connectivity index (χ0n) is 12.6. The maximum absolute atomic E-state index is 11.8. The number of hydrogen-bond acceptors (Lipinski definition) is 8. The average molecular weight is 323 g/mol. The SMILES string of the molecule is NCCC[C@H](N)C(=O)OC(=O)[C@@H](N)Cc1ccc(O)c(=O)cc1. The van der Waals surface area contributed by atoms with Crippen LogP contribution in [0.5, 0.6) is 5.75 Å². The molecule has 7 N–H and O–H groups in total. The van der Waals surface area contributed by atoms with Gasteiger partial charge in [-0.1, -0.05) is 12.1 Å². The zero-order chi connectivity index (χ0) is 17.4. The second-order valence-electron chi connectivity index (χ2n) is 5.08. The lowest BCUT2D eigenvalue weighted by Gasteiger charge is -2.13. The Labute approximate surface area is 133 Å². The van der Waals surface area contributed by atoms with Gasteiger partial charge in [0, 0.05) is 0 Å². The van der Waals surface area contributed by atoms with Crippen molar-refractivity contribution in [2.75, 3.05) is 6.54 Å². The van der Waals surface area contributed by atoms with Gasteiger partial charge in [0.15, 0.2) is 5.75 Å². The third-order valence-corrected chi connectivity index (χ3v) is 3.14. The van der Waals surface area contributed by atoms with Crippen LogP contribution in [0.2, 0.25) is 0 Å². The number of aromatic hydroxyl groups is 1. The number of nitrogens with two attached hydrogens (primary N) is 3. The normalized spacial score (nSPS) is 13.2. The molecule has 0 aliphatic rings. The van der Waals surface area contributed by atoms with Gasteiger partial charge >= 0.3 is 11.9 Å². The fourth-order valence-corrected chi connectivity index (χ4v) is 1.77. The van der Waals surface area contributed by atoms with Gasteiger partial charge in [-0.05, 0) is 43.5 Å². The molecule has 0 spiro atoms. The number of carbonyl (C=O) groups excluding carboxylic acids is 2. The summed E-state index contributed by atoms with van der Waals surface area (Å²) in [5, 5.41) is 9.30. The lowest BCUT2D eigenvalue weighted by Crippen LogP contribution is -2.40. The fourth-order valence-electron chi connectivity index (χ4n) is 1.77. The highest BCUT2D eigenvalue weighted by Gasteiger charge is 2.23. The largest absolute Gasteiger partial charge is 0.504 e. The Morgan fingerprint density at radius 1 is 1.09 bits per heavy atom. The second kappa shape index (κ2) is 8.99. The van der Waals surface area contributed by atoms with E-state index in [2.05, 4.69) is 4.74 Å². The first-order valence-corrected chi connectivity index (χ1v) is 7.14. The third kappa shape index (κ3) is 6.15. The number of esters is 2. The van der Waals surface area contributed by atoms with Crippen LogP contribution in [-0.2, 0) is 20.7 Å². The molecule has 0 unspecified atom stereocenters. The van der Waals surface area contributed by atoms with Crippen molar-refractivity contribution in [1.29, 1.82) is 0 Å². The molecule has 8 nitrogen and oxygen atoms in total. The van der Waals surface area contributed by atoms with Crippen LogP contribution in [0.4, 0.5) is 0 Å². The van der Waals surface area contributed by atoms with Crippen LogP contribution in [0.15, 0.2) is 29.1 Å². The van der Waals surface area contributed by atoms with E-state index in [1.807, 2.05) is 0 Å². The highest BCUT2D eigenvalue weighted by atomic mass is 16.6. The van der Waals surface area contributed by atoms with E-state index in [1.165, 1.54) is 18.2 Å². The lowest BCUT2D eigenvalue weighted by molar-refractivity contribution is -0.161. The molecule has 0 saturated heterocycles. The molecule has 1 aromatic carbocycles. The molecule has 0 aliphatic heterocycles. The first kappa shape index (κ1) is 18.8. The van der Waals surface area contributed by atoms with Gasteiger partial charge in [-0.15, -0.1) is 0 Å². The van der Waals surface area contributed by atoms with Crippen LogP contribution < -0.4 is 22.6 Å². The lowest BCUT2D eigenvalue weighted by atomic mass is 10.1. The van der Waals surface area contributed by atoms with Gasteiger partial charge in [0.2, 0.25) is 5.43 Å². The standard InChI is InChI=1S/C15H21N3O5/c16-7-1-2-10(17)14(21)23-15(22)11(18)8-9-3-5-12(19)13(20)6-4-9/h3-6,10-11H,1-2,7-8,16-18H2,(H,19,20)/t10-,11-/m0/s1. The minimum atomic E-state index is -1.10. The van der Waals surface area contributed by atoms with Gasteiger partial charge in [0.05, 0.1) is 0 Å². The Morgan fingerprint density at radius 3 is 2.35 bits per heavy atom. The van der Waals surface area contributed by atoms with Gasteiger partial charge in [0.1, 0.15) is 12.1 Å². The molecule has 0 radical (unpaired) electrons. The van der Waals surface area contributed by atoms with E-state index in [1.54, 1.807) is 0 Å². The van der Waals surface area contributed by atoms with Crippen LogP contribution in [0.25, 0.3) is 0 Å². The van der Waals surface area contributed by atoms with Crippen molar-refractivity contribution in [2.45, 2.75) is 31.3 Å². The van der Waals surface area contributed by atoms with Crippen LogP contribution in [0, 0.1) is 0 Å². The van der Waals surface area contributed by atoms with E-state index in [4.69, 9.17) is 17.2 Å². The Bertz CT molecular complexity index is 620. The van der Waals surface area contributed by atoms with Crippen molar-refractivity contribution in [3.63, 3.8) is 0 Å². The second-order valence-corrected chi connectivity index (χ2v) is 5.08. The minimum absolute atomic E-state index is 0.0394. The van der Waals surface area contributed by atoms with E-state index < -0.39 is 35.2 Å². The Kier molecular flexibility index (Phi) is 7.33. The molecule has 0 bridgehead atoms. The van der Waals surface area contributed by atoms with Crippen LogP contribution in [0.1, 0.15) is 18.4 Å². The quantitative estimate of drug-likeness (QED) is 0.358. The highest BCUT2D eigenvalue weighted by Crippen LogP contribution is 2.06. The molecule has 0 aromatic heterocycles. The van der Waals surface area contributed by atoms with E-state index in [-0.39, 0.29) is 6.42 Å². The molecule has 8 heteroatoms. The molecule has 1 aromatic rings. The van der Waals surface area contributed by atoms with Crippen molar-refractivity contribution < 1.29 is 19.4 Å². The molecular weight excluding hydrogens is 302 g/mol. The van der Waals surface area contributed by atoms with Crippen molar-refractivity contribution in [3.8, 4) is 5.75 Å². The van der Waals surface area contributed by atoms with Gasteiger partial charge < -0.3 is 27.0 Å². The van der Waals surface area contributed by atoms with Crippen molar-refractivity contribution >= 4 is 11.9 Å². The Morgan fingerprint density at radius 2 is 1.70 bits per heavy atom. The summed E-state index contributed by atoms with van der Waals surface area (Å²) < 4.78 is 4.63. The fraction of sp³-hybridized carbons (Fsp3) is 0.400. The van der Waals surface area contributed by atoms with Gasteiger partial charge in [-0.2, -0.15) is 0 Å². The van der Waals surface area contributed by atoms with E-state index in [0.717, 1.165) is 6.07 Å². The van der Waals surface area contributed by atoms with Crippen molar-refractivity contribution in [1.82, 2.24) is 0 Å². The molecule has 0 amide bonds. The Hall–Kier alpha value is -2.29. The summed E-state index contributed by atoms with van der Waals surface area (Å²) in [5.41, 5.74) is 16.6. The van der Waals surface area contributed by atoms with Crippen LogP contribution >= 0.6 is 0 Å². The topological polar surface area (TPSA) is 159 Å². The molecule has 1 rings (SSSR count). The Balaban J connectivity index is 2.62. The molecule has 0 fully saturated rings. The summed E-state index contributed by atoms with van der Waals surface area (Å²) in [5.74, 6) is -2.17. The van der Waals surface area contributed by atoms with Crippen LogP contribution in [-0.4, -0.2) is 35.7 Å². The van der Waals surface area contributed by atoms with E-state index >= 15 is 0 Å². The molecule has 0 aliphatic carbocycles. The van der Waals surface area contributed by atoms with E-state index in [0.29, 0.717) is 24.9 Å². The van der Waals surface area contributed by atoms with Crippen molar-refractivity contribution in [3.05, 3.63) is 40.1 Å². The summed E-state index contributed by atoms with van der Waals surface area (Å²) in [4.78, 5) is 34.7. The zero-order valence-corrected chi connectivity index (χ0v) is 12.6. The van der Waals surface area contributed by atoms with Crippen molar-refractivity contribution in [2.24, 2.45) is 17.2 Å². The highest BCUT2D eigenvalue weighted by molar-refractivity contribution is 5.90. The first-order chi connectivity index (χ1) is 10.8. The summed E-state index contributed by atoms with van der Waals surface area (Å²) in [6.45, 7) is 0.383. The number of ether oxygens (including phenoxy) is 1. The predicted molar refractivity (Wildman–Crippen MR) is 83.4 cm³/mol. The van der Waals surface area contributed by atoms with Gasteiger partial charge in [0.25, 0.3) is 0 Å². The van der Waals surface area contributed by atoms with E-state index in [9.17, 15) is 19.5 Å². The summed E-state index contributed by atoms with van der Waals surface area (Å²) >= 11 is 0.